The number of hydrogen-bond donors (Lipinski definition) is 1. The van der Waals surface area contributed by atoms with Gasteiger partial charge < -0.3 is 19.1 Å². The molecule has 3 aromatic heterocycles. The number of nitriles is 1. The van der Waals surface area contributed by atoms with Crippen molar-refractivity contribution in [3.05, 3.63) is 35.7 Å². The quantitative estimate of drug-likeness (QED) is 0.752. The standard InChI is InChI=1S/C17H15N5O3S/c18-10-12-16(25-15(20-12)13-2-1-8-24-13)22-6-3-11(4-7-22)14(23)21-17-19-5-9-26-17/h1-2,5,8-9,11H,3-4,6-7H2,(H,19,21,23). The Morgan fingerprint density at radius 3 is 2.92 bits per heavy atom. The summed E-state index contributed by atoms with van der Waals surface area (Å²) in [7, 11) is 0. The van der Waals surface area contributed by atoms with Crippen LogP contribution in [0.1, 0.15) is 18.5 Å². The molecule has 1 aliphatic heterocycles. The monoisotopic (exact) mass is 369 g/mol. The predicted molar refractivity (Wildman–Crippen MR) is 94.6 cm³/mol. The molecular formula is C17H15N5O3S. The minimum atomic E-state index is -0.0897. The first kappa shape index (κ1) is 16.4. The second-order valence-electron chi connectivity index (χ2n) is 5.85. The Balaban J connectivity index is 1.43. The van der Waals surface area contributed by atoms with Crippen LogP contribution in [0, 0.1) is 17.2 Å². The molecule has 0 spiro atoms. The van der Waals surface area contributed by atoms with Gasteiger partial charge in [-0.25, -0.2) is 4.98 Å². The minimum Gasteiger partial charge on any atom is -0.459 e. The van der Waals surface area contributed by atoms with E-state index in [1.54, 1.807) is 18.3 Å². The first-order chi connectivity index (χ1) is 12.7. The lowest BCUT2D eigenvalue weighted by atomic mass is 9.96. The maximum absolute atomic E-state index is 12.3. The first-order valence-electron chi connectivity index (χ1n) is 8.14. The van der Waals surface area contributed by atoms with E-state index in [0.717, 1.165) is 0 Å². The third kappa shape index (κ3) is 3.19. The fourth-order valence-corrected chi connectivity index (χ4v) is 3.47. The zero-order chi connectivity index (χ0) is 17.9. The van der Waals surface area contributed by atoms with Crippen LogP contribution >= 0.6 is 11.3 Å². The van der Waals surface area contributed by atoms with Crippen LogP contribution in [-0.2, 0) is 4.79 Å². The number of hydrogen-bond acceptors (Lipinski definition) is 8. The van der Waals surface area contributed by atoms with Crippen LogP contribution in [0.15, 0.2) is 38.8 Å². The van der Waals surface area contributed by atoms with Crippen molar-refractivity contribution in [2.75, 3.05) is 23.3 Å². The van der Waals surface area contributed by atoms with E-state index in [-0.39, 0.29) is 23.4 Å². The Morgan fingerprint density at radius 2 is 2.27 bits per heavy atom. The van der Waals surface area contributed by atoms with Crippen LogP contribution in [0.4, 0.5) is 11.0 Å². The highest BCUT2D eigenvalue weighted by molar-refractivity contribution is 7.13. The summed E-state index contributed by atoms with van der Waals surface area (Å²) in [5, 5.41) is 14.6. The second-order valence-corrected chi connectivity index (χ2v) is 6.74. The van der Waals surface area contributed by atoms with Gasteiger partial charge in [-0.3, -0.25) is 4.79 Å². The minimum absolute atomic E-state index is 0.0195. The number of oxazole rings is 1. The van der Waals surface area contributed by atoms with Gasteiger partial charge in [-0.15, -0.1) is 11.3 Å². The van der Waals surface area contributed by atoms with Crippen LogP contribution in [0.2, 0.25) is 0 Å². The normalized spacial score (nSPS) is 15.0. The van der Waals surface area contributed by atoms with Gasteiger partial charge >= 0.3 is 0 Å². The number of rotatable bonds is 4. The number of carbonyl (C=O) groups is 1. The summed E-state index contributed by atoms with van der Waals surface area (Å²) in [4.78, 5) is 22.5. The van der Waals surface area contributed by atoms with Crippen LogP contribution in [0.5, 0.6) is 0 Å². The SMILES string of the molecule is N#Cc1nc(-c2ccco2)oc1N1CCC(C(=O)Nc2nccs2)CC1. The Morgan fingerprint density at radius 1 is 1.42 bits per heavy atom. The number of piperidine rings is 1. The fraction of sp³-hybridized carbons (Fsp3) is 0.294. The van der Waals surface area contributed by atoms with Crippen LogP contribution in [0.3, 0.4) is 0 Å². The Kier molecular flexibility index (Phi) is 4.41. The number of nitrogens with zero attached hydrogens (tertiary/aromatic N) is 4. The second kappa shape index (κ2) is 7.01. The topological polar surface area (TPSA) is 108 Å². The molecule has 1 amide bonds. The summed E-state index contributed by atoms with van der Waals surface area (Å²) in [5.41, 5.74) is 0.224. The molecule has 3 aromatic rings. The molecule has 0 aromatic carbocycles. The van der Waals surface area contributed by atoms with Crippen molar-refractivity contribution in [2.24, 2.45) is 5.92 Å². The number of amides is 1. The lowest BCUT2D eigenvalue weighted by Gasteiger charge is -2.30. The summed E-state index contributed by atoms with van der Waals surface area (Å²) >= 11 is 1.40. The molecule has 1 aliphatic rings. The van der Waals surface area contributed by atoms with E-state index in [1.807, 2.05) is 10.3 Å². The molecule has 8 nitrogen and oxygen atoms in total. The molecule has 0 radical (unpaired) electrons. The van der Waals surface area contributed by atoms with Gasteiger partial charge in [0.15, 0.2) is 10.9 Å². The number of thiazole rings is 1. The number of carbonyl (C=O) groups excluding carboxylic acids is 1. The Bertz CT molecular complexity index is 918. The van der Waals surface area contributed by atoms with E-state index < -0.39 is 0 Å². The zero-order valence-electron chi connectivity index (χ0n) is 13.7. The highest BCUT2D eigenvalue weighted by Gasteiger charge is 2.29. The molecule has 4 rings (SSSR count). The summed E-state index contributed by atoms with van der Waals surface area (Å²) in [6, 6.07) is 5.53. The number of nitrogens with one attached hydrogen (secondary N) is 1. The average molecular weight is 369 g/mol. The maximum atomic E-state index is 12.3. The lowest BCUT2D eigenvalue weighted by Crippen LogP contribution is -2.38. The molecule has 1 fully saturated rings. The third-order valence-corrected chi connectivity index (χ3v) is 4.95. The van der Waals surface area contributed by atoms with E-state index in [9.17, 15) is 10.1 Å². The first-order valence-corrected chi connectivity index (χ1v) is 9.02. The molecule has 26 heavy (non-hydrogen) atoms. The maximum Gasteiger partial charge on any atom is 0.266 e. The Labute approximate surface area is 153 Å². The highest BCUT2D eigenvalue weighted by Crippen LogP contribution is 2.31. The molecule has 0 aliphatic carbocycles. The summed E-state index contributed by atoms with van der Waals surface area (Å²) < 4.78 is 11.0. The molecule has 0 unspecified atom stereocenters. The molecular weight excluding hydrogens is 354 g/mol. The van der Waals surface area contributed by atoms with E-state index >= 15 is 0 Å². The third-order valence-electron chi connectivity index (χ3n) is 4.26. The van der Waals surface area contributed by atoms with Gasteiger partial charge in [0.1, 0.15) is 6.07 Å². The van der Waals surface area contributed by atoms with Gasteiger partial charge in [-0.05, 0) is 25.0 Å². The molecule has 4 heterocycles. The van der Waals surface area contributed by atoms with Crippen molar-refractivity contribution in [1.82, 2.24) is 9.97 Å². The van der Waals surface area contributed by atoms with Crippen LogP contribution in [0.25, 0.3) is 11.7 Å². The number of aromatic nitrogens is 2. The molecule has 132 valence electrons. The molecule has 0 atom stereocenters. The molecule has 1 N–H and O–H groups in total. The highest BCUT2D eigenvalue weighted by atomic mass is 32.1. The van der Waals surface area contributed by atoms with Crippen molar-refractivity contribution in [3.8, 4) is 17.7 Å². The fourth-order valence-electron chi connectivity index (χ4n) is 2.94. The van der Waals surface area contributed by atoms with E-state index in [0.29, 0.717) is 42.7 Å². The molecule has 0 bridgehead atoms. The lowest BCUT2D eigenvalue weighted by molar-refractivity contribution is -0.120. The zero-order valence-corrected chi connectivity index (χ0v) is 14.5. The smallest absolute Gasteiger partial charge is 0.266 e. The van der Waals surface area contributed by atoms with Crippen LogP contribution < -0.4 is 10.2 Å². The van der Waals surface area contributed by atoms with Gasteiger partial charge in [-0.1, -0.05) is 0 Å². The average Bonchev–Trinajstić information content (AvgIpc) is 3.42. The molecule has 0 saturated carbocycles. The van der Waals surface area contributed by atoms with Gasteiger partial charge in [0.05, 0.1) is 6.26 Å². The summed E-state index contributed by atoms with van der Waals surface area (Å²) in [6.45, 7) is 1.22. The molecule has 1 saturated heterocycles. The van der Waals surface area contributed by atoms with E-state index in [2.05, 4.69) is 21.4 Å². The van der Waals surface area contributed by atoms with Gasteiger partial charge in [0.25, 0.3) is 5.89 Å². The van der Waals surface area contributed by atoms with Crippen LogP contribution in [-0.4, -0.2) is 29.0 Å². The summed E-state index contributed by atoms with van der Waals surface area (Å²) in [6.07, 6.45) is 4.52. The van der Waals surface area contributed by atoms with Crippen molar-refractivity contribution in [1.29, 1.82) is 5.26 Å². The van der Waals surface area contributed by atoms with Gasteiger partial charge in [-0.2, -0.15) is 10.2 Å². The van der Waals surface area contributed by atoms with Crippen molar-refractivity contribution >= 4 is 28.3 Å². The largest absolute Gasteiger partial charge is 0.459 e. The number of furan rings is 1. The van der Waals surface area contributed by atoms with Crippen molar-refractivity contribution in [3.63, 3.8) is 0 Å². The Hall–Kier alpha value is -3.12. The molecule has 9 heteroatoms. The predicted octanol–water partition coefficient (Wildman–Crippen LogP) is 3.12. The summed E-state index contributed by atoms with van der Waals surface area (Å²) in [5.74, 6) is 1.08. The van der Waals surface area contributed by atoms with Crippen molar-refractivity contribution < 1.29 is 13.6 Å². The van der Waals surface area contributed by atoms with Crippen molar-refractivity contribution in [2.45, 2.75) is 12.8 Å². The van der Waals surface area contributed by atoms with E-state index in [1.165, 1.54) is 17.6 Å². The van der Waals surface area contributed by atoms with E-state index in [4.69, 9.17) is 8.83 Å². The van der Waals surface area contributed by atoms with Gasteiger partial charge in [0.2, 0.25) is 17.5 Å². The van der Waals surface area contributed by atoms with Gasteiger partial charge in [0, 0.05) is 30.6 Å². The number of anilines is 2.